The van der Waals surface area contributed by atoms with Gasteiger partial charge in [-0.3, -0.25) is 9.36 Å². The van der Waals surface area contributed by atoms with Gasteiger partial charge in [0.25, 0.3) is 6.47 Å². The van der Waals surface area contributed by atoms with Crippen LogP contribution < -0.4 is 16.4 Å². The van der Waals surface area contributed by atoms with Gasteiger partial charge in [0.1, 0.15) is 11.3 Å². The molecule has 0 unspecified atom stereocenters. The Morgan fingerprint density at radius 1 is 1.08 bits per heavy atom. The minimum absolute atomic E-state index is 0.195. The molecule has 0 fully saturated rings. The third kappa shape index (κ3) is 7.62. The van der Waals surface area contributed by atoms with Crippen molar-refractivity contribution in [3.63, 3.8) is 0 Å². The Morgan fingerprint density at radius 2 is 1.86 bits per heavy atom. The van der Waals surface area contributed by atoms with Crippen molar-refractivity contribution in [3.05, 3.63) is 72.4 Å². The summed E-state index contributed by atoms with van der Waals surface area (Å²) in [6.07, 6.45) is 7.10. The molecule has 2 aromatic carbocycles. The first kappa shape index (κ1) is 27.3. The van der Waals surface area contributed by atoms with Crippen LogP contribution in [0.2, 0.25) is 0 Å². The highest BCUT2D eigenvalue weighted by molar-refractivity contribution is 5.90. The minimum atomic E-state index is -0.250. The summed E-state index contributed by atoms with van der Waals surface area (Å²) in [4.78, 5) is 30.2. The van der Waals surface area contributed by atoms with Crippen molar-refractivity contribution >= 4 is 29.4 Å². The Bertz CT molecular complexity index is 1290. The molecule has 2 amide bonds. The number of nitrogens with two attached hydrogens (primary N) is 1. The zero-order valence-electron chi connectivity index (χ0n) is 21.1. The molecule has 37 heavy (non-hydrogen) atoms. The van der Waals surface area contributed by atoms with Crippen molar-refractivity contribution in [1.82, 2.24) is 19.9 Å². The van der Waals surface area contributed by atoms with E-state index in [4.69, 9.17) is 20.6 Å². The van der Waals surface area contributed by atoms with Crippen LogP contribution in [0.1, 0.15) is 38.2 Å². The van der Waals surface area contributed by atoms with Gasteiger partial charge >= 0.3 is 6.03 Å². The first-order chi connectivity index (χ1) is 18.1. The van der Waals surface area contributed by atoms with Crippen LogP contribution in [0.15, 0.2) is 66.9 Å². The number of carboxylic acid groups (broad SMARTS) is 1. The second kappa shape index (κ2) is 14.4. The maximum atomic E-state index is 12.3. The maximum Gasteiger partial charge on any atom is 0.319 e. The lowest BCUT2D eigenvalue weighted by Gasteiger charge is -2.12. The summed E-state index contributed by atoms with van der Waals surface area (Å²) in [5, 5.41) is 12.8. The Hall–Kier alpha value is -4.24. The Labute approximate surface area is 216 Å². The van der Waals surface area contributed by atoms with E-state index in [1.807, 2.05) is 36.4 Å². The number of anilines is 1. The number of hydrogen-bond acceptors (Lipinski definition) is 5. The van der Waals surface area contributed by atoms with Gasteiger partial charge in [-0.1, -0.05) is 50.5 Å². The van der Waals surface area contributed by atoms with Gasteiger partial charge in [-0.25, -0.2) is 14.8 Å². The van der Waals surface area contributed by atoms with Crippen LogP contribution in [-0.4, -0.2) is 45.2 Å². The molecule has 2 heterocycles. The van der Waals surface area contributed by atoms with E-state index in [0.717, 1.165) is 47.5 Å². The second-order valence-corrected chi connectivity index (χ2v) is 8.45. The van der Waals surface area contributed by atoms with Crippen LogP contribution in [0.25, 0.3) is 28.2 Å². The Kier molecular flexibility index (Phi) is 10.6. The quantitative estimate of drug-likeness (QED) is 0.178. The summed E-state index contributed by atoms with van der Waals surface area (Å²) in [5.41, 5.74) is 11.1. The van der Waals surface area contributed by atoms with Crippen molar-refractivity contribution in [3.8, 4) is 17.1 Å². The highest BCUT2D eigenvalue weighted by atomic mass is 16.3. The van der Waals surface area contributed by atoms with E-state index < -0.39 is 0 Å². The normalized spacial score (nSPS) is 10.4. The molecule has 5 N–H and O–H groups in total. The van der Waals surface area contributed by atoms with E-state index >= 15 is 0 Å². The van der Waals surface area contributed by atoms with Crippen LogP contribution >= 0.6 is 0 Å². The SMILES string of the molecule is CCCCCCNC(=O)Nc1cccc(-c2nc3cccnc3n2-c2ccc(CCN)cc2)c1.O=CO. The Balaban J connectivity index is 0.00000121. The molecule has 0 saturated carbocycles. The number of unbranched alkanes of at least 4 members (excludes halogenated alkanes) is 3. The lowest BCUT2D eigenvalue weighted by atomic mass is 10.1. The van der Waals surface area contributed by atoms with Gasteiger partial charge in [0.05, 0.1) is 0 Å². The first-order valence-electron chi connectivity index (χ1n) is 12.5. The molecule has 9 nitrogen and oxygen atoms in total. The number of aromatic nitrogens is 3. The van der Waals surface area contributed by atoms with E-state index in [1.54, 1.807) is 6.20 Å². The molecule has 0 atom stereocenters. The molecule has 0 radical (unpaired) electrons. The van der Waals surface area contributed by atoms with Crippen LogP contribution in [0.4, 0.5) is 10.5 Å². The summed E-state index contributed by atoms with van der Waals surface area (Å²) in [7, 11) is 0. The third-order valence-corrected chi connectivity index (χ3v) is 5.74. The van der Waals surface area contributed by atoms with E-state index in [9.17, 15) is 4.79 Å². The summed E-state index contributed by atoms with van der Waals surface area (Å²) in [6, 6.07) is 19.7. The van der Waals surface area contributed by atoms with Crippen LogP contribution in [-0.2, 0) is 11.2 Å². The van der Waals surface area contributed by atoms with Crippen molar-refractivity contribution < 1.29 is 14.7 Å². The molecule has 0 saturated heterocycles. The first-order valence-corrected chi connectivity index (χ1v) is 12.5. The number of rotatable bonds is 10. The largest absolute Gasteiger partial charge is 0.483 e. The average molecular weight is 503 g/mol. The number of fused-ring (bicyclic) bond motifs is 1. The molecule has 0 bridgehead atoms. The van der Waals surface area contributed by atoms with Gasteiger partial charge in [-0.2, -0.15) is 0 Å². The van der Waals surface area contributed by atoms with Crippen molar-refractivity contribution in [2.45, 2.75) is 39.0 Å². The number of carbonyl (C=O) groups is 2. The molecule has 2 aromatic heterocycles. The number of hydrogen-bond donors (Lipinski definition) is 4. The molecular weight excluding hydrogens is 468 g/mol. The smallest absolute Gasteiger partial charge is 0.319 e. The lowest BCUT2D eigenvalue weighted by Crippen LogP contribution is -2.29. The number of imidazole rings is 1. The number of amides is 2. The highest BCUT2D eigenvalue weighted by Gasteiger charge is 2.16. The van der Waals surface area contributed by atoms with Crippen molar-refractivity contribution in [1.29, 1.82) is 0 Å². The number of nitrogens with one attached hydrogen (secondary N) is 2. The van der Waals surface area contributed by atoms with Gasteiger partial charge in [0.2, 0.25) is 0 Å². The van der Waals surface area contributed by atoms with Gasteiger partial charge < -0.3 is 21.5 Å². The molecule has 194 valence electrons. The van der Waals surface area contributed by atoms with E-state index in [2.05, 4.69) is 51.4 Å². The highest BCUT2D eigenvalue weighted by Crippen LogP contribution is 2.29. The lowest BCUT2D eigenvalue weighted by molar-refractivity contribution is -0.122. The molecule has 0 aliphatic heterocycles. The summed E-state index contributed by atoms with van der Waals surface area (Å²) in [5.74, 6) is 0.767. The number of pyridine rings is 1. The topological polar surface area (TPSA) is 135 Å². The second-order valence-electron chi connectivity index (χ2n) is 8.45. The van der Waals surface area contributed by atoms with Crippen LogP contribution in [0.3, 0.4) is 0 Å². The predicted molar refractivity (Wildman–Crippen MR) is 147 cm³/mol. The van der Waals surface area contributed by atoms with Crippen molar-refractivity contribution in [2.75, 3.05) is 18.4 Å². The van der Waals surface area contributed by atoms with Gasteiger partial charge in [-0.15, -0.1) is 0 Å². The molecule has 9 heteroatoms. The molecule has 0 spiro atoms. The summed E-state index contributed by atoms with van der Waals surface area (Å²) < 4.78 is 2.05. The number of nitrogens with zero attached hydrogens (tertiary/aromatic N) is 3. The van der Waals surface area contributed by atoms with E-state index in [0.29, 0.717) is 18.8 Å². The van der Waals surface area contributed by atoms with Crippen molar-refractivity contribution in [2.24, 2.45) is 5.73 Å². The molecule has 4 aromatic rings. The van der Waals surface area contributed by atoms with E-state index in [-0.39, 0.29) is 12.5 Å². The zero-order chi connectivity index (χ0) is 26.5. The molecule has 4 rings (SSSR count). The molecular formula is C28H34N6O3. The number of urea groups is 1. The molecule has 0 aliphatic rings. The van der Waals surface area contributed by atoms with Crippen LogP contribution in [0, 0.1) is 0 Å². The monoisotopic (exact) mass is 502 g/mol. The number of carbonyl (C=O) groups excluding carboxylic acids is 1. The minimum Gasteiger partial charge on any atom is -0.483 e. The van der Waals surface area contributed by atoms with Gasteiger partial charge in [-0.05, 0) is 61.3 Å². The predicted octanol–water partition coefficient (Wildman–Crippen LogP) is 4.99. The van der Waals surface area contributed by atoms with Gasteiger partial charge in [0, 0.05) is 29.7 Å². The molecule has 0 aliphatic carbocycles. The maximum absolute atomic E-state index is 12.3. The van der Waals surface area contributed by atoms with Gasteiger partial charge in [0.15, 0.2) is 5.65 Å². The average Bonchev–Trinajstić information content (AvgIpc) is 3.30. The standard InChI is InChI=1S/C27H32N6O.CH2O2/c1-2-3-4-5-17-30-27(34)31-22-9-6-8-21(19-22)25-32-24-10-7-18-29-26(24)33(25)23-13-11-20(12-14-23)15-16-28;2-1-3/h6-14,18-19H,2-5,15-17,28H2,1H3,(H2,30,31,34);1H,(H,2,3). The van der Waals surface area contributed by atoms with E-state index in [1.165, 1.54) is 18.4 Å². The third-order valence-electron chi connectivity index (χ3n) is 5.74. The Morgan fingerprint density at radius 3 is 2.59 bits per heavy atom. The fourth-order valence-corrected chi connectivity index (χ4v) is 3.99. The fourth-order valence-electron chi connectivity index (χ4n) is 3.99. The summed E-state index contributed by atoms with van der Waals surface area (Å²) >= 11 is 0. The van der Waals surface area contributed by atoms with Crippen LogP contribution in [0.5, 0.6) is 0 Å². The summed E-state index contributed by atoms with van der Waals surface area (Å²) in [6.45, 7) is 3.22. The zero-order valence-corrected chi connectivity index (χ0v) is 21.1. The fraction of sp³-hybridized carbons (Fsp3) is 0.286. The number of benzene rings is 2.